The lowest BCUT2D eigenvalue weighted by atomic mass is 10.2. The first kappa shape index (κ1) is 12.8. The highest BCUT2D eigenvalue weighted by molar-refractivity contribution is 5.31. The first-order valence-electron chi connectivity index (χ1n) is 4.82. The van der Waals surface area contributed by atoms with Crippen molar-refractivity contribution >= 4 is 5.82 Å². The van der Waals surface area contributed by atoms with Gasteiger partial charge in [-0.05, 0) is 24.7 Å². The molecule has 0 amide bonds. The van der Waals surface area contributed by atoms with E-state index in [1.54, 1.807) is 30.3 Å². The van der Waals surface area contributed by atoms with Gasteiger partial charge in [0, 0.05) is 19.3 Å². The zero-order valence-electron chi connectivity index (χ0n) is 8.96. The molecule has 2 N–H and O–H groups in total. The van der Waals surface area contributed by atoms with E-state index < -0.39 is 12.6 Å². The normalized spacial score (nSPS) is 12.1. The number of hydrogen-bond donors (Lipinski definition) is 1. The maximum Gasteiger partial charge on any atom is 0.390 e. The van der Waals surface area contributed by atoms with Crippen molar-refractivity contribution in [2.75, 3.05) is 19.3 Å². The summed E-state index contributed by atoms with van der Waals surface area (Å²) >= 11 is 0. The van der Waals surface area contributed by atoms with Crippen LogP contribution in [0.3, 0.4) is 0 Å². The largest absolute Gasteiger partial charge is 0.390 e. The molecule has 90 valence electrons. The highest BCUT2D eigenvalue weighted by Crippen LogP contribution is 2.19. The van der Waals surface area contributed by atoms with Gasteiger partial charge in [-0.25, -0.2) is 4.98 Å². The molecule has 0 aromatic carbocycles. The van der Waals surface area contributed by atoms with Gasteiger partial charge in [-0.2, -0.15) is 13.2 Å². The number of anilines is 1. The van der Waals surface area contributed by atoms with Gasteiger partial charge >= 0.3 is 6.18 Å². The van der Waals surface area contributed by atoms with Crippen LogP contribution in [0.1, 0.15) is 12.0 Å². The molecule has 0 aliphatic carbocycles. The smallest absolute Gasteiger partial charge is 0.384 e. The van der Waals surface area contributed by atoms with Crippen LogP contribution < -0.4 is 5.73 Å². The lowest BCUT2D eigenvalue weighted by Crippen LogP contribution is -2.24. The lowest BCUT2D eigenvalue weighted by Gasteiger charge is -2.17. The molecule has 1 heterocycles. The third kappa shape index (κ3) is 4.97. The first-order chi connectivity index (χ1) is 7.37. The zero-order valence-corrected chi connectivity index (χ0v) is 8.96. The van der Waals surface area contributed by atoms with Gasteiger partial charge in [-0.15, -0.1) is 0 Å². The van der Waals surface area contributed by atoms with Crippen molar-refractivity contribution in [1.29, 1.82) is 0 Å². The molecule has 1 aromatic rings. The Bertz CT molecular complexity index is 338. The molecular formula is C10H14F3N3. The van der Waals surface area contributed by atoms with E-state index in [9.17, 15) is 13.2 Å². The predicted octanol–water partition coefficient (Wildman–Crippen LogP) is 2.05. The number of aromatic nitrogens is 1. The van der Waals surface area contributed by atoms with Crippen molar-refractivity contribution in [1.82, 2.24) is 9.88 Å². The van der Waals surface area contributed by atoms with Gasteiger partial charge in [-0.3, -0.25) is 0 Å². The summed E-state index contributed by atoms with van der Waals surface area (Å²) in [6.07, 6.45) is -3.36. The monoisotopic (exact) mass is 233 g/mol. The van der Waals surface area contributed by atoms with Crippen molar-refractivity contribution in [3.05, 3.63) is 23.9 Å². The van der Waals surface area contributed by atoms with E-state index in [-0.39, 0.29) is 6.54 Å². The molecule has 0 aliphatic rings. The highest BCUT2D eigenvalue weighted by atomic mass is 19.4. The number of nitrogen functional groups attached to an aromatic ring is 1. The Kier molecular flexibility index (Phi) is 4.12. The molecular weight excluding hydrogens is 219 g/mol. The number of halogens is 3. The summed E-state index contributed by atoms with van der Waals surface area (Å²) in [5, 5.41) is 0. The summed E-state index contributed by atoms with van der Waals surface area (Å²) < 4.78 is 35.9. The molecule has 0 radical (unpaired) electrons. The van der Waals surface area contributed by atoms with Crippen molar-refractivity contribution in [3.8, 4) is 0 Å². The highest BCUT2D eigenvalue weighted by Gasteiger charge is 2.26. The Balaban J connectivity index is 2.43. The Hall–Kier alpha value is -1.30. The van der Waals surface area contributed by atoms with E-state index in [4.69, 9.17) is 5.73 Å². The molecule has 0 aliphatic heterocycles. The van der Waals surface area contributed by atoms with Crippen LogP contribution in [0, 0.1) is 0 Å². The van der Waals surface area contributed by atoms with Crippen LogP contribution >= 0.6 is 0 Å². The van der Waals surface area contributed by atoms with Crippen LogP contribution in [0.5, 0.6) is 0 Å². The number of nitrogens with zero attached hydrogens (tertiary/aromatic N) is 2. The average molecular weight is 233 g/mol. The van der Waals surface area contributed by atoms with Crippen LogP contribution in [0.25, 0.3) is 0 Å². The van der Waals surface area contributed by atoms with E-state index in [1.165, 1.54) is 0 Å². The van der Waals surface area contributed by atoms with Crippen LogP contribution in [0.15, 0.2) is 18.3 Å². The van der Waals surface area contributed by atoms with Crippen LogP contribution in [-0.2, 0) is 6.54 Å². The fourth-order valence-corrected chi connectivity index (χ4v) is 1.30. The van der Waals surface area contributed by atoms with Crippen molar-refractivity contribution in [2.45, 2.75) is 19.1 Å². The Morgan fingerprint density at radius 1 is 1.44 bits per heavy atom. The average Bonchev–Trinajstić information content (AvgIpc) is 2.14. The van der Waals surface area contributed by atoms with Gasteiger partial charge in [-0.1, -0.05) is 0 Å². The summed E-state index contributed by atoms with van der Waals surface area (Å²) in [6, 6.07) is 3.39. The third-order valence-corrected chi connectivity index (χ3v) is 2.07. The maximum absolute atomic E-state index is 12.0. The predicted molar refractivity (Wildman–Crippen MR) is 55.7 cm³/mol. The summed E-state index contributed by atoms with van der Waals surface area (Å²) in [7, 11) is 1.64. The molecule has 0 spiro atoms. The molecule has 3 nitrogen and oxygen atoms in total. The molecule has 0 atom stereocenters. The van der Waals surface area contributed by atoms with Gasteiger partial charge in [0.2, 0.25) is 0 Å². The Labute approximate surface area is 92.1 Å². The van der Waals surface area contributed by atoms with Crippen LogP contribution in [0.4, 0.5) is 19.0 Å². The zero-order chi connectivity index (χ0) is 12.2. The molecule has 16 heavy (non-hydrogen) atoms. The van der Waals surface area contributed by atoms with Crippen LogP contribution in [-0.4, -0.2) is 29.7 Å². The minimum Gasteiger partial charge on any atom is -0.384 e. The van der Waals surface area contributed by atoms with Crippen molar-refractivity contribution in [3.63, 3.8) is 0 Å². The molecule has 0 saturated carbocycles. The Morgan fingerprint density at radius 2 is 2.12 bits per heavy atom. The van der Waals surface area contributed by atoms with Gasteiger partial charge < -0.3 is 10.6 Å². The molecule has 0 fully saturated rings. The van der Waals surface area contributed by atoms with E-state index in [2.05, 4.69) is 4.98 Å². The van der Waals surface area contributed by atoms with E-state index >= 15 is 0 Å². The second kappa shape index (κ2) is 5.16. The fraction of sp³-hybridized carbons (Fsp3) is 0.500. The lowest BCUT2D eigenvalue weighted by molar-refractivity contribution is -0.137. The van der Waals surface area contributed by atoms with Crippen molar-refractivity contribution in [2.24, 2.45) is 0 Å². The molecule has 6 heteroatoms. The maximum atomic E-state index is 12.0. The summed E-state index contributed by atoms with van der Waals surface area (Å²) in [5.41, 5.74) is 6.33. The van der Waals surface area contributed by atoms with Gasteiger partial charge in [0.1, 0.15) is 5.82 Å². The molecule has 1 aromatic heterocycles. The van der Waals surface area contributed by atoms with Gasteiger partial charge in [0.05, 0.1) is 6.42 Å². The number of alkyl halides is 3. The minimum atomic E-state index is -4.11. The molecule has 0 unspecified atom stereocenters. The van der Waals surface area contributed by atoms with E-state index in [0.717, 1.165) is 5.56 Å². The first-order valence-corrected chi connectivity index (χ1v) is 4.82. The molecule has 0 bridgehead atoms. The van der Waals surface area contributed by atoms with Gasteiger partial charge in [0.25, 0.3) is 0 Å². The fourth-order valence-electron chi connectivity index (χ4n) is 1.30. The van der Waals surface area contributed by atoms with Crippen molar-refractivity contribution < 1.29 is 13.2 Å². The summed E-state index contributed by atoms with van der Waals surface area (Å²) in [6.45, 7) is 0.411. The summed E-state index contributed by atoms with van der Waals surface area (Å²) in [4.78, 5) is 5.41. The van der Waals surface area contributed by atoms with Gasteiger partial charge in [0.15, 0.2) is 0 Å². The number of pyridine rings is 1. The SMILES string of the molecule is CN(CCC(F)(F)F)Cc1ccnc(N)c1. The number of nitrogens with two attached hydrogens (primary N) is 1. The minimum absolute atomic E-state index is 0.0221. The topological polar surface area (TPSA) is 42.2 Å². The van der Waals surface area contributed by atoms with E-state index in [1.807, 2.05) is 0 Å². The number of hydrogen-bond acceptors (Lipinski definition) is 3. The second-order valence-corrected chi connectivity index (χ2v) is 3.69. The molecule has 0 saturated heterocycles. The molecule has 1 rings (SSSR count). The quantitative estimate of drug-likeness (QED) is 0.865. The van der Waals surface area contributed by atoms with E-state index in [0.29, 0.717) is 12.4 Å². The third-order valence-electron chi connectivity index (χ3n) is 2.07. The standard InChI is InChI=1S/C10H14F3N3/c1-16(5-3-10(11,12)13)7-8-2-4-15-9(14)6-8/h2,4,6H,3,5,7H2,1H3,(H2,14,15). The summed E-state index contributed by atoms with van der Waals surface area (Å²) in [5.74, 6) is 0.377. The van der Waals surface area contributed by atoms with Crippen LogP contribution in [0.2, 0.25) is 0 Å². The number of rotatable bonds is 4. The second-order valence-electron chi connectivity index (χ2n) is 3.69. The Morgan fingerprint density at radius 3 is 2.69 bits per heavy atom.